The summed E-state index contributed by atoms with van der Waals surface area (Å²) in [5.41, 5.74) is 4.20. The maximum atomic E-state index is 11.5. The zero-order valence-corrected chi connectivity index (χ0v) is 13.1. The molecule has 0 saturated carbocycles. The van der Waals surface area contributed by atoms with Crippen LogP contribution < -0.4 is 0 Å². The molecular formula is C17H28O2. The summed E-state index contributed by atoms with van der Waals surface area (Å²) in [7, 11) is 0. The van der Waals surface area contributed by atoms with E-state index in [1.54, 1.807) is 11.1 Å². The van der Waals surface area contributed by atoms with E-state index in [9.17, 15) is 4.79 Å². The van der Waals surface area contributed by atoms with Crippen molar-refractivity contribution in [1.29, 1.82) is 0 Å². The van der Waals surface area contributed by atoms with Crippen molar-refractivity contribution in [2.24, 2.45) is 5.41 Å². The van der Waals surface area contributed by atoms with Gasteiger partial charge in [-0.15, -0.1) is 0 Å². The minimum atomic E-state index is -0.184. The highest BCUT2D eigenvalue weighted by molar-refractivity contribution is 5.87. The topological polar surface area (TPSA) is 26.3 Å². The third-order valence-corrected chi connectivity index (χ3v) is 4.13. The molecular weight excluding hydrogens is 236 g/mol. The fourth-order valence-electron chi connectivity index (χ4n) is 2.99. The van der Waals surface area contributed by atoms with Gasteiger partial charge in [-0.05, 0) is 58.3 Å². The molecule has 0 aromatic rings. The third kappa shape index (κ3) is 4.52. The summed E-state index contributed by atoms with van der Waals surface area (Å²) in [6.45, 7) is 11.1. The van der Waals surface area contributed by atoms with E-state index in [-0.39, 0.29) is 5.97 Å². The molecule has 1 aliphatic rings. The van der Waals surface area contributed by atoms with E-state index in [0.29, 0.717) is 12.0 Å². The van der Waals surface area contributed by atoms with E-state index >= 15 is 0 Å². The number of carbonyl (C=O) groups is 1. The van der Waals surface area contributed by atoms with Crippen molar-refractivity contribution in [2.45, 2.75) is 66.7 Å². The van der Waals surface area contributed by atoms with Crippen molar-refractivity contribution >= 4 is 5.97 Å². The zero-order chi connectivity index (χ0) is 14.5. The maximum Gasteiger partial charge on any atom is 0.333 e. The summed E-state index contributed by atoms with van der Waals surface area (Å²) in [5, 5.41) is 0. The van der Waals surface area contributed by atoms with Gasteiger partial charge in [0.05, 0.1) is 6.61 Å². The summed E-state index contributed by atoms with van der Waals surface area (Å²) in [4.78, 5) is 11.5. The number of hydrogen-bond donors (Lipinski definition) is 0. The number of hydrogen-bond acceptors (Lipinski definition) is 2. The van der Waals surface area contributed by atoms with Gasteiger partial charge in [0.15, 0.2) is 0 Å². The predicted octanol–water partition coefficient (Wildman–Crippen LogP) is 4.80. The first-order valence-electron chi connectivity index (χ1n) is 7.41. The quantitative estimate of drug-likeness (QED) is 0.405. The molecule has 1 rings (SSSR count). The molecule has 0 saturated heterocycles. The fourth-order valence-corrected chi connectivity index (χ4v) is 2.99. The number of allylic oxidation sites excluding steroid dienone is 3. The van der Waals surface area contributed by atoms with Crippen LogP contribution in [0.25, 0.3) is 0 Å². The molecule has 0 unspecified atom stereocenters. The molecule has 1 aliphatic carbocycles. The van der Waals surface area contributed by atoms with Gasteiger partial charge in [0, 0.05) is 5.57 Å². The van der Waals surface area contributed by atoms with Crippen LogP contribution in [0.4, 0.5) is 0 Å². The van der Waals surface area contributed by atoms with Crippen LogP contribution in [0, 0.1) is 5.41 Å². The van der Waals surface area contributed by atoms with Crippen LogP contribution in [0.15, 0.2) is 22.8 Å². The first-order chi connectivity index (χ1) is 8.88. The third-order valence-electron chi connectivity index (χ3n) is 4.13. The second-order valence-electron chi connectivity index (χ2n) is 6.14. The number of carbonyl (C=O) groups excluding carboxylic acids is 1. The smallest absolute Gasteiger partial charge is 0.333 e. The molecule has 0 aromatic carbocycles. The maximum absolute atomic E-state index is 11.5. The highest BCUT2D eigenvalue weighted by Crippen LogP contribution is 2.42. The molecule has 0 spiro atoms. The van der Waals surface area contributed by atoms with Crippen LogP contribution in [0.3, 0.4) is 0 Å². The van der Waals surface area contributed by atoms with Gasteiger partial charge < -0.3 is 4.74 Å². The van der Waals surface area contributed by atoms with Gasteiger partial charge >= 0.3 is 5.97 Å². The fraction of sp³-hybridized carbons (Fsp3) is 0.706. The minimum absolute atomic E-state index is 0.184. The Hall–Kier alpha value is -1.05. The first kappa shape index (κ1) is 16.0. The molecule has 0 N–H and O–H groups in total. The van der Waals surface area contributed by atoms with E-state index in [1.807, 2.05) is 19.9 Å². The van der Waals surface area contributed by atoms with Gasteiger partial charge in [-0.25, -0.2) is 4.79 Å². The van der Waals surface area contributed by atoms with Crippen LogP contribution in [0.2, 0.25) is 0 Å². The SMILES string of the molecule is CCOC(=O)C(C)=CCCC1=C(C)CCCC1(C)C. The van der Waals surface area contributed by atoms with Gasteiger partial charge in [0.1, 0.15) is 0 Å². The summed E-state index contributed by atoms with van der Waals surface area (Å²) in [5.74, 6) is -0.184. The molecule has 0 radical (unpaired) electrons. The Morgan fingerprint density at radius 3 is 2.68 bits per heavy atom. The normalized spacial score (nSPS) is 19.5. The number of esters is 1. The van der Waals surface area contributed by atoms with Crippen molar-refractivity contribution < 1.29 is 9.53 Å². The summed E-state index contributed by atoms with van der Waals surface area (Å²) >= 11 is 0. The second kappa shape index (κ2) is 6.93. The van der Waals surface area contributed by atoms with Crippen LogP contribution in [0.5, 0.6) is 0 Å². The molecule has 0 atom stereocenters. The molecule has 0 amide bonds. The summed E-state index contributed by atoms with van der Waals surface area (Å²) in [6, 6.07) is 0. The Balaban J connectivity index is 2.61. The second-order valence-corrected chi connectivity index (χ2v) is 6.14. The van der Waals surface area contributed by atoms with Crippen LogP contribution in [-0.4, -0.2) is 12.6 Å². The van der Waals surface area contributed by atoms with Crippen LogP contribution in [0.1, 0.15) is 66.7 Å². The van der Waals surface area contributed by atoms with Gasteiger partial charge in [-0.1, -0.05) is 31.1 Å². The van der Waals surface area contributed by atoms with Crippen LogP contribution in [-0.2, 0) is 9.53 Å². The predicted molar refractivity (Wildman–Crippen MR) is 80.0 cm³/mol. The molecule has 2 heteroatoms. The average Bonchev–Trinajstić information content (AvgIpc) is 2.32. The monoisotopic (exact) mass is 264 g/mol. The summed E-state index contributed by atoms with van der Waals surface area (Å²) in [6.07, 6.45) is 7.83. The molecule has 108 valence electrons. The Kier molecular flexibility index (Phi) is 5.84. The lowest BCUT2D eigenvalue weighted by Crippen LogP contribution is -2.20. The summed E-state index contributed by atoms with van der Waals surface area (Å²) < 4.78 is 4.99. The van der Waals surface area contributed by atoms with Crippen molar-refractivity contribution in [3.05, 3.63) is 22.8 Å². The van der Waals surface area contributed by atoms with Gasteiger partial charge in [0.2, 0.25) is 0 Å². The average molecular weight is 264 g/mol. The molecule has 2 nitrogen and oxygen atoms in total. The van der Waals surface area contributed by atoms with Gasteiger partial charge in [0.25, 0.3) is 0 Å². The molecule has 0 bridgehead atoms. The van der Waals surface area contributed by atoms with Gasteiger partial charge in [-0.3, -0.25) is 0 Å². The lowest BCUT2D eigenvalue weighted by atomic mass is 9.71. The van der Waals surface area contributed by atoms with Crippen molar-refractivity contribution in [2.75, 3.05) is 6.61 Å². The highest BCUT2D eigenvalue weighted by atomic mass is 16.5. The molecule has 0 fully saturated rings. The van der Waals surface area contributed by atoms with E-state index in [2.05, 4.69) is 20.8 Å². The lowest BCUT2D eigenvalue weighted by molar-refractivity contribution is -0.138. The van der Waals surface area contributed by atoms with Crippen molar-refractivity contribution in [3.8, 4) is 0 Å². The van der Waals surface area contributed by atoms with E-state index in [1.165, 1.54) is 19.3 Å². The van der Waals surface area contributed by atoms with Crippen LogP contribution >= 0.6 is 0 Å². The number of rotatable bonds is 5. The van der Waals surface area contributed by atoms with E-state index < -0.39 is 0 Å². The molecule has 19 heavy (non-hydrogen) atoms. The minimum Gasteiger partial charge on any atom is -0.463 e. The molecule has 0 aromatic heterocycles. The zero-order valence-electron chi connectivity index (χ0n) is 13.1. The Labute approximate surface area is 117 Å². The van der Waals surface area contributed by atoms with Crippen molar-refractivity contribution in [3.63, 3.8) is 0 Å². The molecule has 0 heterocycles. The van der Waals surface area contributed by atoms with Gasteiger partial charge in [-0.2, -0.15) is 0 Å². The van der Waals surface area contributed by atoms with E-state index in [0.717, 1.165) is 18.4 Å². The standard InChI is InChI=1S/C17H28O2/c1-6-19-16(18)14(3)9-7-11-15-13(2)10-8-12-17(15,4)5/h9H,6-8,10-12H2,1-5H3. The Morgan fingerprint density at radius 1 is 1.42 bits per heavy atom. The highest BCUT2D eigenvalue weighted by Gasteiger charge is 2.27. The largest absolute Gasteiger partial charge is 0.463 e. The Morgan fingerprint density at radius 2 is 2.11 bits per heavy atom. The molecule has 0 aliphatic heterocycles. The van der Waals surface area contributed by atoms with E-state index in [4.69, 9.17) is 4.74 Å². The first-order valence-corrected chi connectivity index (χ1v) is 7.41. The number of ether oxygens (including phenoxy) is 1. The van der Waals surface area contributed by atoms with Crippen molar-refractivity contribution in [1.82, 2.24) is 0 Å². The lowest BCUT2D eigenvalue weighted by Gasteiger charge is -2.34. The Bertz CT molecular complexity index is 386.